The number of carbonyl (C=O) groups excluding carboxylic acids is 3. The zero-order valence-corrected chi connectivity index (χ0v) is 13.5. The van der Waals surface area contributed by atoms with Crippen LogP contribution >= 0.6 is 0 Å². The van der Waals surface area contributed by atoms with Gasteiger partial charge in [-0.25, -0.2) is 9.59 Å². The number of rotatable bonds is 7. The zero-order chi connectivity index (χ0) is 17.2. The van der Waals surface area contributed by atoms with Crippen LogP contribution in [-0.2, 0) is 25.5 Å². The Morgan fingerprint density at radius 2 is 1.91 bits per heavy atom. The molecule has 0 unspecified atom stereocenters. The fourth-order valence-electron chi connectivity index (χ4n) is 1.56. The topological polar surface area (TPSA) is 90.9 Å². The average molecular weight is 323 g/mol. The van der Waals surface area contributed by atoms with Gasteiger partial charge in [0.2, 0.25) is 0 Å². The second kappa shape index (κ2) is 9.58. The van der Waals surface area contributed by atoms with Crippen molar-refractivity contribution in [3.8, 4) is 0 Å². The van der Waals surface area contributed by atoms with Crippen molar-refractivity contribution in [2.24, 2.45) is 5.92 Å². The highest BCUT2D eigenvalue weighted by Gasteiger charge is 2.15. The molecule has 0 aromatic heterocycles. The highest BCUT2D eigenvalue weighted by molar-refractivity contribution is 5.95. The predicted molar refractivity (Wildman–Crippen MR) is 81.5 cm³/mol. The Kier molecular flexibility index (Phi) is 7.76. The molecule has 0 bridgehead atoms. The van der Waals surface area contributed by atoms with E-state index in [2.05, 4.69) is 10.1 Å². The third-order valence-electron chi connectivity index (χ3n) is 2.58. The van der Waals surface area contributed by atoms with E-state index in [1.165, 1.54) is 13.0 Å². The lowest BCUT2D eigenvalue weighted by molar-refractivity contribution is -0.141. The maximum Gasteiger partial charge on any atom is 0.516 e. The summed E-state index contributed by atoms with van der Waals surface area (Å²) in [5.74, 6) is -1.00. The van der Waals surface area contributed by atoms with E-state index in [9.17, 15) is 14.4 Å². The van der Waals surface area contributed by atoms with E-state index in [1.807, 2.05) is 13.8 Å². The lowest BCUT2D eigenvalue weighted by Crippen LogP contribution is -2.20. The number of ether oxygens (including phenoxy) is 3. The lowest BCUT2D eigenvalue weighted by Gasteiger charge is -2.08. The molecule has 0 saturated heterocycles. The summed E-state index contributed by atoms with van der Waals surface area (Å²) < 4.78 is 14.1. The van der Waals surface area contributed by atoms with Gasteiger partial charge in [-0.1, -0.05) is 26.0 Å². The first kappa shape index (κ1) is 18.6. The summed E-state index contributed by atoms with van der Waals surface area (Å²) in [6.45, 7) is 5.73. The summed E-state index contributed by atoms with van der Waals surface area (Å²) >= 11 is 0. The Labute approximate surface area is 134 Å². The van der Waals surface area contributed by atoms with Crippen LogP contribution in [0.3, 0.4) is 0 Å². The van der Waals surface area contributed by atoms with Gasteiger partial charge in [0, 0.05) is 13.5 Å². The summed E-state index contributed by atoms with van der Waals surface area (Å²) in [6.07, 6.45) is -1.01. The van der Waals surface area contributed by atoms with Gasteiger partial charge in [0.1, 0.15) is 6.73 Å². The fraction of sp³-hybridized carbons (Fsp3) is 0.438. The Balaban J connectivity index is 2.49. The first-order valence-corrected chi connectivity index (χ1v) is 7.20. The molecule has 126 valence electrons. The molecule has 0 amide bonds. The van der Waals surface area contributed by atoms with Crippen molar-refractivity contribution in [2.45, 2.75) is 27.3 Å². The Morgan fingerprint density at radius 1 is 1.17 bits per heavy atom. The highest BCUT2D eigenvalue weighted by atomic mass is 16.7. The fourth-order valence-corrected chi connectivity index (χ4v) is 1.56. The van der Waals surface area contributed by atoms with Crippen LogP contribution in [0, 0.1) is 5.92 Å². The molecule has 0 heterocycles. The number of hydrogen-bond acceptors (Lipinski definition) is 7. The molecule has 23 heavy (non-hydrogen) atoms. The molecule has 1 N–H and O–H groups in total. The molecule has 1 aromatic rings. The van der Waals surface area contributed by atoms with Crippen LogP contribution in [0.2, 0.25) is 0 Å². The van der Waals surface area contributed by atoms with Crippen LogP contribution in [0.1, 0.15) is 36.7 Å². The van der Waals surface area contributed by atoms with Gasteiger partial charge in [0.25, 0.3) is 0 Å². The van der Waals surface area contributed by atoms with E-state index in [-0.39, 0.29) is 30.8 Å². The number of esters is 2. The highest BCUT2D eigenvalue weighted by Crippen LogP contribution is 2.08. The van der Waals surface area contributed by atoms with Gasteiger partial charge in [0.15, 0.2) is 0 Å². The summed E-state index contributed by atoms with van der Waals surface area (Å²) in [5.41, 5.74) is 1.01. The quantitative estimate of drug-likeness (QED) is 0.356. The largest absolute Gasteiger partial charge is 0.516 e. The van der Waals surface area contributed by atoms with E-state index in [1.54, 1.807) is 18.2 Å². The minimum atomic E-state index is -1.01. The summed E-state index contributed by atoms with van der Waals surface area (Å²) in [5, 5.41) is 2.89. The molecule has 0 radical (unpaired) electrons. The van der Waals surface area contributed by atoms with Crippen molar-refractivity contribution in [3.05, 3.63) is 35.4 Å². The lowest BCUT2D eigenvalue weighted by atomic mass is 10.1. The van der Waals surface area contributed by atoms with E-state index < -0.39 is 12.1 Å². The van der Waals surface area contributed by atoms with Gasteiger partial charge in [-0.2, -0.15) is 0 Å². The van der Waals surface area contributed by atoms with Gasteiger partial charge in [-0.3, -0.25) is 10.1 Å². The summed E-state index contributed by atoms with van der Waals surface area (Å²) in [7, 11) is 0. The van der Waals surface area contributed by atoms with Gasteiger partial charge in [0.05, 0.1) is 12.2 Å². The number of nitrogens with one attached hydrogen (secondary N) is 1. The predicted octanol–water partition coefficient (Wildman–Crippen LogP) is 2.25. The molecule has 0 spiro atoms. The van der Waals surface area contributed by atoms with E-state index in [0.29, 0.717) is 6.54 Å². The van der Waals surface area contributed by atoms with Crippen LogP contribution in [0.15, 0.2) is 24.3 Å². The monoisotopic (exact) mass is 323 g/mol. The molecule has 0 aliphatic heterocycles. The van der Waals surface area contributed by atoms with Crippen LogP contribution < -0.4 is 5.32 Å². The van der Waals surface area contributed by atoms with E-state index in [0.717, 1.165) is 5.56 Å². The van der Waals surface area contributed by atoms with Crippen LogP contribution in [-0.4, -0.2) is 31.4 Å². The number of hydrogen-bond donors (Lipinski definition) is 1. The van der Waals surface area contributed by atoms with Gasteiger partial charge >= 0.3 is 18.1 Å². The average Bonchev–Trinajstić information content (AvgIpc) is 2.49. The van der Waals surface area contributed by atoms with Crippen molar-refractivity contribution < 1.29 is 28.6 Å². The van der Waals surface area contributed by atoms with Crippen molar-refractivity contribution in [1.29, 1.82) is 0 Å². The van der Waals surface area contributed by atoms with Crippen molar-refractivity contribution in [2.75, 3.05) is 13.3 Å². The third-order valence-corrected chi connectivity index (χ3v) is 2.58. The molecule has 7 nitrogen and oxygen atoms in total. The maximum atomic E-state index is 11.9. The number of carbonyl (C=O) groups is 3. The Morgan fingerprint density at radius 3 is 2.57 bits per heavy atom. The zero-order valence-electron chi connectivity index (χ0n) is 13.5. The van der Waals surface area contributed by atoms with Crippen molar-refractivity contribution in [3.63, 3.8) is 0 Å². The SMILES string of the molecule is CC(=O)OCNCc1cccc(C(=O)OC(=O)OCC(C)C)c1. The molecular weight excluding hydrogens is 302 g/mol. The maximum absolute atomic E-state index is 11.9. The van der Waals surface area contributed by atoms with Crippen molar-refractivity contribution >= 4 is 18.1 Å². The summed E-state index contributed by atoms with van der Waals surface area (Å²) in [4.78, 5) is 33.9. The van der Waals surface area contributed by atoms with Crippen LogP contribution in [0.25, 0.3) is 0 Å². The molecule has 0 saturated carbocycles. The second-order valence-electron chi connectivity index (χ2n) is 5.25. The molecule has 0 atom stereocenters. The summed E-state index contributed by atoms with van der Waals surface area (Å²) in [6, 6.07) is 6.57. The molecule has 0 aliphatic carbocycles. The molecule has 0 aliphatic rings. The first-order valence-electron chi connectivity index (χ1n) is 7.20. The molecular formula is C16H21NO6. The third kappa shape index (κ3) is 7.96. The first-order chi connectivity index (χ1) is 10.9. The van der Waals surface area contributed by atoms with Crippen molar-refractivity contribution in [1.82, 2.24) is 5.32 Å². The van der Waals surface area contributed by atoms with Gasteiger partial charge in [-0.15, -0.1) is 0 Å². The molecule has 0 fully saturated rings. The van der Waals surface area contributed by atoms with E-state index >= 15 is 0 Å². The molecule has 1 aromatic carbocycles. The van der Waals surface area contributed by atoms with Crippen LogP contribution in [0.5, 0.6) is 0 Å². The Bertz CT molecular complexity index is 555. The van der Waals surface area contributed by atoms with Crippen LogP contribution in [0.4, 0.5) is 4.79 Å². The molecule has 1 rings (SSSR count). The normalized spacial score (nSPS) is 10.3. The second-order valence-corrected chi connectivity index (χ2v) is 5.25. The standard InChI is InChI=1S/C16H21NO6/c1-11(2)9-21-16(20)23-15(19)14-6-4-5-13(7-14)8-17-10-22-12(3)18/h4-7,11,17H,8-10H2,1-3H3. The minimum Gasteiger partial charge on any atom is -0.450 e. The Hall–Kier alpha value is -2.41. The van der Waals surface area contributed by atoms with Gasteiger partial charge in [-0.05, 0) is 23.6 Å². The smallest absolute Gasteiger partial charge is 0.450 e. The minimum absolute atomic E-state index is 0.0749. The number of benzene rings is 1. The molecule has 7 heteroatoms. The van der Waals surface area contributed by atoms with E-state index in [4.69, 9.17) is 9.47 Å². The van der Waals surface area contributed by atoms with Gasteiger partial charge < -0.3 is 14.2 Å².